The number of aliphatic carboxylic acids is 1. The second kappa shape index (κ2) is 9.75. The third kappa shape index (κ3) is 5.26. The van der Waals surface area contributed by atoms with Crippen molar-refractivity contribution in [3.8, 4) is 0 Å². The van der Waals surface area contributed by atoms with E-state index >= 15 is 0 Å². The molecule has 3 saturated heterocycles. The number of halogens is 3. The predicted octanol–water partition coefficient (Wildman–Crippen LogP) is 2.48. The van der Waals surface area contributed by atoms with Gasteiger partial charge in [-0.3, -0.25) is 9.69 Å². The Balaban J connectivity index is 0.000000406. The number of carbonyl (C=O) groups is 2. The van der Waals surface area contributed by atoms with Crippen molar-refractivity contribution in [2.45, 2.75) is 38.9 Å². The number of carbonyl (C=O) groups excluding carboxylic acids is 1. The number of sulfonamides is 1. The van der Waals surface area contributed by atoms with E-state index in [1.807, 2.05) is 11.8 Å². The summed E-state index contributed by atoms with van der Waals surface area (Å²) in [6, 6.07) is 4.25. The number of carboxylic acids is 1. The monoisotopic (exact) mass is 525 g/mol. The van der Waals surface area contributed by atoms with Gasteiger partial charge in [0, 0.05) is 43.0 Å². The highest BCUT2D eigenvalue weighted by atomic mass is 32.2. The van der Waals surface area contributed by atoms with Gasteiger partial charge in [-0.1, -0.05) is 6.07 Å². The van der Waals surface area contributed by atoms with Crippen LogP contribution in [0.1, 0.15) is 31.1 Å². The van der Waals surface area contributed by atoms with Crippen LogP contribution in [0.2, 0.25) is 0 Å². The fraction of sp³-hybridized carbons (Fsp3) is 0.714. The quantitative estimate of drug-likeness (QED) is 0.649. The van der Waals surface area contributed by atoms with Gasteiger partial charge < -0.3 is 10.0 Å². The second-order valence-corrected chi connectivity index (χ2v) is 12.2. The summed E-state index contributed by atoms with van der Waals surface area (Å²) in [7, 11) is -3.29. The third-order valence-electron chi connectivity index (χ3n) is 7.31. The molecule has 0 aliphatic carbocycles. The van der Waals surface area contributed by atoms with Crippen LogP contribution in [0.25, 0.3) is 0 Å². The van der Waals surface area contributed by atoms with Crippen LogP contribution in [-0.4, -0.2) is 91.2 Å². The maximum Gasteiger partial charge on any atom is 0.490 e. The summed E-state index contributed by atoms with van der Waals surface area (Å²) in [5.41, 5.74) is -0.746. The van der Waals surface area contributed by atoms with Crippen LogP contribution in [0.15, 0.2) is 17.5 Å². The van der Waals surface area contributed by atoms with Crippen molar-refractivity contribution in [1.82, 2.24) is 14.1 Å². The van der Waals surface area contributed by atoms with E-state index < -0.39 is 27.6 Å². The maximum absolute atomic E-state index is 13.3. The molecule has 3 aliphatic rings. The fourth-order valence-electron chi connectivity index (χ4n) is 5.42. The van der Waals surface area contributed by atoms with Gasteiger partial charge in [-0.05, 0) is 50.7 Å². The predicted molar refractivity (Wildman–Crippen MR) is 121 cm³/mol. The number of carboxylic acid groups (broad SMARTS) is 1. The van der Waals surface area contributed by atoms with Crippen molar-refractivity contribution in [3.05, 3.63) is 22.4 Å². The number of piperidine rings is 1. The average molecular weight is 526 g/mol. The molecular weight excluding hydrogens is 495 g/mol. The summed E-state index contributed by atoms with van der Waals surface area (Å²) in [6.07, 6.45) is -1.22. The van der Waals surface area contributed by atoms with Crippen LogP contribution in [0.3, 0.4) is 0 Å². The van der Waals surface area contributed by atoms with E-state index in [4.69, 9.17) is 9.90 Å². The molecule has 1 atom stereocenters. The molecule has 1 aromatic heterocycles. The van der Waals surface area contributed by atoms with E-state index in [-0.39, 0.29) is 11.3 Å². The van der Waals surface area contributed by atoms with E-state index in [0.29, 0.717) is 19.6 Å². The van der Waals surface area contributed by atoms with Crippen molar-refractivity contribution in [3.63, 3.8) is 0 Å². The lowest BCUT2D eigenvalue weighted by atomic mass is 9.60. The number of amides is 1. The minimum atomic E-state index is -5.08. The van der Waals surface area contributed by atoms with Crippen molar-refractivity contribution >= 4 is 33.2 Å². The molecule has 1 aromatic rings. The molecule has 4 rings (SSSR count). The molecule has 1 N–H and O–H groups in total. The van der Waals surface area contributed by atoms with Crippen molar-refractivity contribution in [1.29, 1.82) is 0 Å². The van der Waals surface area contributed by atoms with Gasteiger partial charge >= 0.3 is 12.1 Å². The number of nitrogens with zero attached hydrogens (tertiary/aromatic N) is 3. The maximum atomic E-state index is 13.3. The zero-order valence-corrected chi connectivity index (χ0v) is 20.8. The molecule has 3 aliphatic heterocycles. The number of thiophene rings is 1. The smallest absolute Gasteiger partial charge is 0.475 e. The standard InChI is InChI=1S/C19H29N3O3S2.C2HF3O2/c1-3-21-11-8-19(17(21)23)15-22(27(2,24)25)14-18(19)6-9-20(10-7-18)13-16-5-4-12-26-16;3-2(4,5)1(6)7/h4-5,12H,3,6-11,13-15H2,1-2H3;(H,6,7). The van der Waals surface area contributed by atoms with Crippen LogP contribution in [0, 0.1) is 10.8 Å². The van der Waals surface area contributed by atoms with Crippen molar-refractivity contribution in [2.75, 3.05) is 45.5 Å². The molecule has 13 heteroatoms. The van der Waals surface area contributed by atoms with Crippen LogP contribution in [-0.2, 0) is 26.2 Å². The number of hydrogen-bond acceptors (Lipinski definition) is 6. The molecule has 34 heavy (non-hydrogen) atoms. The Hall–Kier alpha value is -1.70. The Morgan fingerprint density at radius 2 is 1.79 bits per heavy atom. The summed E-state index contributed by atoms with van der Waals surface area (Å²) < 4.78 is 58.0. The molecule has 1 unspecified atom stereocenters. The fourth-order valence-corrected chi connectivity index (χ4v) is 7.11. The summed E-state index contributed by atoms with van der Waals surface area (Å²) in [4.78, 5) is 28.0. The Bertz CT molecular complexity index is 992. The van der Waals surface area contributed by atoms with Gasteiger partial charge in [0.15, 0.2) is 0 Å². The summed E-state index contributed by atoms with van der Waals surface area (Å²) in [5, 5.41) is 9.23. The van der Waals surface area contributed by atoms with Crippen LogP contribution in [0.5, 0.6) is 0 Å². The number of alkyl halides is 3. The van der Waals surface area contributed by atoms with Crippen molar-refractivity contribution < 1.29 is 36.3 Å². The number of rotatable bonds is 4. The number of fused-ring (bicyclic) bond motifs is 1. The van der Waals surface area contributed by atoms with Gasteiger partial charge in [0.05, 0.1) is 11.7 Å². The highest BCUT2D eigenvalue weighted by Crippen LogP contribution is 2.58. The van der Waals surface area contributed by atoms with E-state index in [9.17, 15) is 26.4 Å². The molecule has 0 aromatic carbocycles. The SMILES string of the molecule is CCN1CCC2(CN(S(C)(=O)=O)CC23CCN(Cc2cccs2)CC3)C1=O.O=C(O)C(F)(F)F. The zero-order valence-electron chi connectivity index (χ0n) is 19.2. The first-order chi connectivity index (χ1) is 15.7. The first-order valence-corrected chi connectivity index (χ1v) is 13.8. The summed E-state index contributed by atoms with van der Waals surface area (Å²) >= 11 is 1.78. The largest absolute Gasteiger partial charge is 0.490 e. The van der Waals surface area contributed by atoms with E-state index in [1.165, 1.54) is 11.1 Å². The van der Waals surface area contributed by atoms with Crippen LogP contribution < -0.4 is 0 Å². The van der Waals surface area contributed by atoms with Gasteiger partial charge in [-0.25, -0.2) is 17.5 Å². The van der Waals surface area contributed by atoms with Gasteiger partial charge in [0.25, 0.3) is 0 Å². The third-order valence-corrected chi connectivity index (χ3v) is 9.37. The molecule has 192 valence electrons. The highest BCUT2D eigenvalue weighted by molar-refractivity contribution is 7.88. The van der Waals surface area contributed by atoms with Gasteiger partial charge in [0.2, 0.25) is 15.9 Å². The van der Waals surface area contributed by atoms with Crippen LogP contribution >= 0.6 is 11.3 Å². The average Bonchev–Trinajstić information content (AvgIpc) is 3.44. The molecule has 2 spiro atoms. The molecule has 0 bridgehead atoms. The molecule has 3 fully saturated rings. The molecule has 8 nitrogen and oxygen atoms in total. The Morgan fingerprint density at radius 3 is 2.24 bits per heavy atom. The van der Waals surface area contributed by atoms with Crippen LogP contribution in [0.4, 0.5) is 13.2 Å². The molecule has 0 radical (unpaired) electrons. The molecule has 0 saturated carbocycles. The zero-order chi connectivity index (χ0) is 25.4. The number of likely N-dealkylation sites (tertiary alicyclic amines) is 2. The first kappa shape index (κ1) is 26.9. The Labute approximate surface area is 201 Å². The second-order valence-electron chi connectivity index (χ2n) is 9.19. The normalized spacial score (nSPS) is 25.7. The van der Waals surface area contributed by atoms with Gasteiger partial charge in [0.1, 0.15) is 0 Å². The van der Waals surface area contributed by atoms with E-state index in [1.54, 1.807) is 15.6 Å². The van der Waals surface area contributed by atoms with E-state index in [2.05, 4.69) is 22.4 Å². The van der Waals surface area contributed by atoms with E-state index in [0.717, 1.165) is 45.4 Å². The summed E-state index contributed by atoms with van der Waals surface area (Å²) in [5.74, 6) is -2.57. The summed E-state index contributed by atoms with van der Waals surface area (Å²) in [6.45, 7) is 7.15. The number of hydrogen-bond donors (Lipinski definition) is 1. The highest BCUT2D eigenvalue weighted by Gasteiger charge is 2.66. The molecule has 1 amide bonds. The minimum absolute atomic E-state index is 0.183. The topological polar surface area (TPSA) is 98.2 Å². The molecule has 4 heterocycles. The lowest BCUT2D eigenvalue weighted by molar-refractivity contribution is -0.192. The molecular formula is C21H30F3N3O5S2. The van der Waals surface area contributed by atoms with Crippen molar-refractivity contribution in [2.24, 2.45) is 10.8 Å². The Kier molecular flexibility index (Phi) is 7.71. The van der Waals surface area contributed by atoms with Gasteiger partial charge in [-0.2, -0.15) is 13.2 Å². The first-order valence-electron chi connectivity index (χ1n) is 11.0. The minimum Gasteiger partial charge on any atom is -0.475 e. The lowest BCUT2D eigenvalue weighted by Gasteiger charge is -2.47. The Morgan fingerprint density at radius 1 is 1.18 bits per heavy atom. The lowest BCUT2D eigenvalue weighted by Crippen LogP contribution is -2.52. The van der Waals surface area contributed by atoms with Gasteiger partial charge in [-0.15, -0.1) is 11.3 Å².